The molecular formula is C10H22N2O. The van der Waals surface area contributed by atoms with Gasteiger partial charge in [0.05, 0.1) is 0 Å². The summed E-state index contributed by atoms with van der Waals surface area (Å²) in [6.45, 7) is 3.57. The van der Waals surface area contributed by atoms with E-state index in [1.54, 1.807) is 4.90 Å². The van der Waals surface area contributed by atoms with Crippen LogP contribution in [0, 0.1) is 0 Å². The summed E-state index contributed by atoms with van der Waals surface area (Å²) >= 11 is 0. The Bertz CT molecular complexity index is 137. The Kier molecular flexibility index (Phi) is 7.69. The van der Waals surface area contributed by atoms with Crippen molar-refractivity contribution < 1.29 is 4.79 Å². The zero-order valence-electron chi connectivity index (χ0n) is 8.88. The number of nitrogens with zero attached hydrogens (tertiary/aromatic N) is 1. The standard InChI is InChI=1S/C10H22N2O/c1-3-12(2)10(13)8-6-4-5-7-9-11/h3-9,11H2,1-2H3. The summed E-state index contributed by atoms with van der Waals surface area (Å²) < 4.78 is 0. The van der Waals surface area contributed by atoms with Crippen LogP contribution in [-0.2, 0) is 4.79 Å². The molecule has 0 atom stereocenters. The minimum Gasteiger partial charge on any atom is -0.346 e. The maximum Gasteiger partial charge on any atom is 0.222 e. The number of hydrogen-bond donors (Lipinski definition) is 1. The van der Waals surface area contributed by atoms with Gasteiger partial charge in [-0.1, -0.05) is 12.8 Å². The Morgan fingerprint density at radius 1 is 1.23 bits per heavy atom. The van der Waals surface area contributed by atoms with E-state index >= 15 is 0 Å². The Balaban J connectivity index is 3.27. The predicted molar refractivity (Wildman–Crippen MR) is 55.5 cm³/mol. The van der Waals surface area contributed by atoms with Gasteiger partial charge < -0.3 is 10.6 Å². The van der Waals surface area contributed by atoms with Crippen LogP contribution in [0.2, 0.25) is 0 Å². The quantitative estimate of drug-likeness (QED) is 0.610. The molecule has 0 heterocycles. The van der Waals surface area contributed by atoms with Crippen molar-refractivity contribution >= 4 is 5.91 Å². The van der Waals surface area contributed by atoms with Crippen molar-refractivity contribution in [2.45, 2.75) is 39.0 Å². The summed E-state index contributed by atoms with van der Waals surface area (Å²) in [5, 5.41) is 0. The molecule has 0 aliphatic carbocycles. The van der Waals surface area contributed by atoms with Crippen LogP contribution >= 0.6 is 0 Å². The molecule has 0 bridgehead atoms. The van der Waals surface area contributed by atoms with Gasteiger partial charge in [-0.15, -0.1) is 0 Å². The summed E-state index contributed by atoms with van der Waals surface area (Å²) in [6.07, 6.45) is 5.05. The number of amides is 1. The molecule has 0 aliphatic heterocycles. The molecule has 0 spiro atoms. The lowest BCUT2D eigenvalue weighted by Crippen LogP contribution is -2.25. The second-order valence-corrected chi connectivity index (χ2v) is 3.36. The van der Waals surface area contributed by atoms with Crippen LogP contribution in [0.1, 0.15) is 39.0 Å². The topological polar surface area (TPSA) is 46.3 Å². The first-order valence-electron chi connectivity index (χ1n) is 5.16. The molecule has 0 rings (SSSR count). The highest BCUT2D eigenvalue weighted by Gasteiger charge is 2.04. The van der Waals surface area contributed by atoms with Crippen molar-refractivity contribution in [3.63, 3.8) is 0 Å². The van der Waals surface area contributed by atoms with Gasteiger partial charge >= 0.3 is 0 Å². The van der Waals surface area contributed by atoms with Gasteiger partial charge in [-0.3, -0.25) is 4.79 Å². The molecule has 2 N–H and O–H groups in total. The van der Waals surface area contributed by atoms with Gasteiger partial charge in [0.15, 0.2) is 0 Å². The third kappa shape index (κ3) is 6.58. The molecule has 3 heteroatoms. The molecule has 13 heavy (non-hydrogen) atoms. The molecule has 0 radical (unpaired) electrons. The summed E-state index contributed by atoms with van der Waals surface area (Å²) in [5.74, 6) is 0.259. The van der Waals surface area contributed by atoms with Gasteiger partial charge in [-0.25, -0.2) is 0 Å². The fourth-order valence-corrected chi connectivity index (χ4v) is 1.14. The molecule has 0 saturated heterocycles. The van der Waals surface area contributed by atoms with Gasteiger partial charge in [0.2, 0.25) is 5.91 Å². The molecule has 0 aromatic carbocycles. The third-order valence-corrected chi connectivity index (χ3v) is 2.24. The van der Waals surface area contributed by atoms with Gasteiger partial charge in [0, 0.05) is 20.0 Å². The lowest BCUT2D eigenvalue weighted by Gasteiger charge is -2.13. The molecule has 0 aliphatic rings. The Hall–Kier alpha value is -0.570. The molecular weight excluding hydrogens is 164 g/mol. The van der Waals surface area contributed by atoms with Gasteiger partial charge in [-0.05, 0) is 26.3 Å². The fourth-order valence-electron chi connectivity index (χ4n) is 1.14. The lowest BCUT2D eigenvalue weighted by atomic mass is 10.1. The van der Waals surface area contributed by atoms with Crippen molar-refractivity contribution in [3.8, 4) is 0 Å². The highest BCUT2D eigenvalue weighted by molar-refractivity contribution is 5.75. The first-order chi connectivity index (χ1) is 6.22. The first kappa shape index (κ1) is 12.4. The van der Waals surface area contributed by atoms with Crippen LogP contribution in [0.5, 0.6) is 0 Å². The van der Waals surface area contributed by atoms with E-state index in [-0.39, 0.29) is 5.91 Å². The largest absolute Gasteiger partial charge is 0.346 e. The van der Waals surface area contributed by atoms with E-state index < -0.39 is 0 Å². The Labute approximate surface area is 81.3 Å². The second-order valence-electron chi connectivity index (χ2n) is 3.36. The molecule has 3 nitrogen and oxygen atoms in total. The van der Waals surface area contributed by atoms with Crippen LogP contribution in [0.25, 0.3) is 0 Å². The summed E-state index contributed by atoms with van der Waals surface area (Å²) in [4.78, 5) is 13.1. The van der Waals surface area contributed by atoms with E-state index in [0.717, 1.165) is 38.8 Å². The van der Waals surface area contributed by atoms with Crippen LogP contribution in [0.3, 0.4) is 0 Å². The summed E-state index contributed by atoms with van der Waals surface area (Å²) in [5.41, 5.74) is 5.37. The lowest BCUT2D eigenvalue weighted by molar-refractivity contribution is -0.129. The minimum atomic E-state index is 0.259. The normalized spacial score (nSPS) is 10.1. The molecule has 0 saturated carbocycles. The smallest absolute Gasteiger partial charge is 0.222 e. The number of rotatable bonds is 7. The van der Waals surface area contributed by atoms with Crippen LogP contribution in [-0.4, -0.2) is 30.9 Å². The average molecular weight is 186 g/mol. The van der Waals surface area contributed by atoms with E-state index in [0.29, 0.717) is 6.42 Å². The first-order valence-corrected chi connectivity index (χ1v) is 5.16. The average Bonchev–Trinajstić information content (AvgIpc) is 2.16. The zero-order valence-corrected chi connectivity index (χ0v) is 8.88. The van der Waals surface area contributed by atoms with E-state index in [9.17, 15) is 4.79 Å². The molecule has 0 unspecified atom stereocenters. The zero-order chi connectivity index (χ0) is 10.1. The van der Waals surface area contributed by atoms with Gasteiger partial charge in [0.1, 0.15) is 0 Å². The Morgan fingerprint density at radius 2 is 1.85 bits per heavy atom. The number of unbranched alkanes of at least 4 members (excludes halogenated alkanes) is 3. The van der Waals surface area contributed by atoms with E-state index in [1.165, 1.54) is 0 Å². The number of nitrogens with two attached hydrogens (primary N) is 1. The van der Waals surface area contributed by atoms with Crippen molar-refractivity contribution in [2.24, 2.45) is 5.73 Å². The Morgan fingerprint density at radius 3 is 2.38 bits per heavy atom. The number of carbonyl (C=O) groups excluding carboxylic acids is 1. The van der Waals surface area contributed by atoms with E-state index in [1.807, 2.05) is 14.0 Å². The fraction of sp³-hybridized carbons (Fsp3) is 0.900. The van der Waals surface area contributed by atoms with Crippen molar-refractivity contribution in [1.82, 2.24) is 4.90 Å². The monoisotopic (exact) mass is 186 g/mol. The number of carbonyl (C=O) groups is 1. The van der Waals surface area contributed by atoms with Crippen molar-refractivity contribution in [2.75, 3.05) is 20.1 Å². The van der Waals surface area contributed by atoms with Gasteiger partial charge in [-0.2, -0.15) is 0 Å². The molecule has 0 fully saturated rings. The maximum absolute atomic E-state index is 11.3. The third-order valence-electron chi connectivity index (χ3n) is 2.24. The van der Waals surface area contributed by atoms with Crippen LogP contribution < -0.4 is 5.73 Å². The summed E-state index contributed by atoms with van der Waals surface area (Å²) in [6, 6.07) is 0. The maximum atomic E-state index is 11.3. The van der Waals surface area contributed by atoms with Crippen molar-refractivity contribution in [3.05, 3.63) is 0 Å². The highest BCUT2D eigenvalue weighted by Crippen LogP contribution is 2.03. The molecule has 0 aromatic rings. The molecule has 1 amide bonds. The van der Waals surface area contributed by atoms with Gasteiger partial charge in [0.25, 0.3) is 0 Å². The number of hydrogen-bond acceptors (Lipinski definition) is 2. The van der Waals surface area contributed by atoms with Crippen LogP contribution in [0.4, 0.5) is 0 Å². The SMILES string of the molecule is CCN(C)C(=O)CCCCCCN. The summed E-state index contributed by atoms with van der Waals surface area (Å²) in [7, 11) is 1.85. The van der Waals surface area contributed by atoms with E-state index in [4.69, 9.17) is 5.73 Å². The van der Waals surface area contributed by atoms with E-state index in [2.05, 4.69) is 0 Å². The predicted octanol–water partition coefficient (Wildman–Crippen LogP) is 1.37. The molecule has 0 aromatic heterocycles. The minimum absolute atomic E-state index is 0.259. The second kappa shape index (κ2) is 8.05. The van der Waals surface area contributed by atoms with Crippen LogP contribution in [0.15, 0.2) is 0 Å². The molecule has 78 valence electrons. The highest BCUT2D eigenvalue weighted by atomic mass is 16.2. The van der Waals surface area contributed by atoms with Crippen molar-refractivity contribution in [1.29, 1.82) is 0 Å².